The summed E-state index contributed by atoms with van der Waals surface area (Å²) < 4.78 is 20.1. The van der Waals surface area contributed by atoms with Crippen molar-refractivity contribution in [2.75, 3.05) is 39.3 Å². The highest BCUT2D eigenvalue weighted by molar-refractivity contribution is 6.31. The molecule has 2 atom stereocenters. The van der Waals surface area contributed by atoms with E-state index in [1.165, 1.54) is 18.9 Å². The smallest absolute Gasteiger partial charge is 0.234 e. The number of ether oxygens (including phenoxy) is 1. The minimum atomic E-state index is -0.345. The van der Waals surface area contributed by atoms with Gasteiger partial charge in [-0.2, -0.15) is 0 Å². The van der Waals surface area contributed by atoms with Crippen molar-refractivity contribution in [1.82, 2.24) is 15.5 Å². The zero-order chi connectivity index (χ0) is 18.5. The van der Waals surface area contributed by atoms with E-state index in [-0.39, 0.29) is 55.2 Å². The number of halogens is 4. The normalized spacial score (nSPS) is 20.6. The lowest BCUT2D eigenvalue weighted by Gasteiger charge is -2.38. The van der Waals surface area contributed by atoms with Gasteiger partial charge in [-0.1, -0.05) is 17.7 Å². The van der Waals surface area contributed by atoms with Gasteiger partial charge >= 0.3 is 0 Å². The summed E-state index contributed by atoms with van der Waals surface area (Å²) in [5.74, 6) is 0.301. The SMILES string of the molecule is CC1CN(C(CNC(=O)CNCC2CC2)c2c(F)cccc2Cl)CCO1.Cl.Cl. The molecule has 1 heterocycles. The van der Waals surface area contributed by atoms with E-state index in [1.807, 2.05) is 6.92 Å². The van der Waals surface area contributed by atoms with Gasteiger partial charge in [0.2, 0.25) is 5.91 Å². The van der Waals surface area contributed by atoms with Crippen molar-refractivity contribution in [3.05, 3.63) is 34.6 Å². The van der Waals surface area contributed by atoms with Crippen LogP contribution in [0.3, 0.4) is 0 Å². The van der Waals surface area contributed by atoms with E-state index in [9.17, 15) is 9.18 Å². The maximum Gasteiger partial charge on any atom is 0.234 e. The molecular formula is C19H29Cl3FN3O2. The molecule has 5 nitrogen and oxygen atoms in total. The number of carbonyl (C=O) groups is 1. The lowest BCUT2D eigenvalue weighted by molar-refractivity contribution is -0.120. The second-order valence-electron chi connectivity index (χ2n) is 7.21. The Labute approximate surface area is 183 Å². The van der Waals surface area contributed by atoms with Crippen LogP contribution in [0.25, 0.3) is 0 Å². The number of benzene rings is 1. The van der Waals surface area contributed by atoms with Crippen molar-refractivity contribution in [3.63, 3.8) is 0 Å². The number of amides is 1. The largest absolute Gasteiger partial charge is 0.376 e. The molecule has 1 aromatic carbocycles. The van der Waals surface area contributed by atoms with Gasteiger partial charge in [-0.3, -0.25) is 9.69 Å². The number of hydrogen-bond acceptors (Lipinski definition) is 4. The number of morpholine rings is 1. The van der Waals surface area contributed by atoms with Crippen LogP contribution in [-0.4, -0.2) is 56.2 Å². The molecule has 2 unspecified atom stereocenters. The maximum absolute atomic E-state index is 14.5. The van der Waals surface area contributed by atoms with Crippen LogP contribution in [0.2, 0.25) is 5.02 Å². The first-order valence-corrected chi connectivity index (χ1v) is 9.69. The summed E-state index contributed by atoms with van der Waals surface area (Å²) in [4.78, 5) is 14.3. The van der Waals surface area contributed by atoms with Crippen LogP contribution in [0, 0.1) is 11.7 Å². The molecule has 1 aromatic rings. The second-order valence-corrected chi connectivity index (χ2v) is 7.61. The van der Waals surface area contributed by atoms with Gasteiger partial charge < -0.3 is 15.4 Å². The van der Waals surface area contributed by atoms with Crippen molar-refractivity contribution < 1.29 is 13.9 Å². The Morgan fingerprint density at radius 1 is 1.39 bits per heavy atom. The Morgan fingerprint density at radius 3 is 2.79 bits per heavy atom. The summed E-state index contributed by atoms with van der Waals surface area (Å²) in [6.07, 6.45) is 2.56. The predicted octanol–water partition coefficient (Wildman–Crippen LogP) is 3.20. The molecule has 0 radical (unpaired) electrons. The molecule has 1 saturated carbocycles. The summed E-state index contributed by atoms with van der Waals surface area (Å²) in [6.45, 7) is 5.41. The van der Waals surface area contributed by atoms with Gasteiger partial charge in [0, 0.05) is 30.2 Å². The first-order valence-electron chi connectivity index (χ1n) is 9.31. The van der Waals surface area contributed by atoms with Crippen molar-refractivity contribution in [1.29, 1.82) is 0 Å². The fourth-order valence-electron chi connectivity index (χ4n) is 3.36. The molecule has 2 fully saturated rings. The highest BCUT2D eigenvalue weighted by Crippen LogP contribution is 2.31. The van der Waals surface area contributed by atoms with E-state index >= 15 is 0 Å². The quantitative estimate of drug-likeness (QED) is 0.631. The monoisotopic (exact) mass is 455 g/mol. The minimum absolute atomic E-state index is 0. The summed E-state index contributed by atoms with van der Waals surface area (Å²) in [7, 11) is 0. The number of hydrogen-bond donors (Lipinski definition) is 2. The molecule has 2 aliphatic rings. The van der Waals surface area contributed by atoms with Gasteiger partial charge in [-0.15, -0.1) is 24.8 Å². The van der Waals surface area contributed by atoms with Crippen LogP contribution >= 0.6 is 36.4 Å². The molecule has 160 valence electrons. The third kappa shape index (κ3) is 7.32. The first-order chi connectivity index (χ1) is 12.5. The van der Waals surface area contributed by atoms with Gasteiger partial charge in [-0.05, 0) is 44.4 Å². The van der Waals surface area contributed by atoms with Gasteiger partial charge in [-0.25, -0.2) is 4.39 Å². The second kappa shape index (κ2) is 12.2. The van der Waals surface area contributed by atoms with Gasteiger partial charge in [0.15, 0.2) is 0 Å². The summed E-state index contributed by atoms with van der Waals surface area (Å²) in [5.41, 5.74) is 0.439. The standard InChI is InChI=1S/C19H27ClFN3O2.2ClH/c1-13-12-24(7-8-26-13)17(19-15(20)3-2-4-16(19)21)10-23-18(25)11-22-9-14-5-6-14;;/h2-4,13-14,17,22H,5-12H2,1H3,(H,23,25);2*1H. The fourth-order valence-corrected chi connectivity index (χ4v) is 3.65. The molecule has 0 aromatic heterocycles. The summed E-state index contributed by atoms with van der Waals surface area (Å²) in [5, 5.41) is 6.49. The van der Waals surface area contributed by atoms with Crippen molar-refractivity contribution in [2.45, 2.75) is 31.9 Å². The lowest BCUT2D eigenvalue weighted by Crippen LogP contribution is -2.47. The number of carbonyl (C=O) groups excluding carboxylic acids is 1. The van der Waals surface area contributed by atoms with Crippen molar-refractivity contribution in [3.8, 4) is 0 Å². The zero-order valence-corrected chi connectivity index (χ0v) is 18.3. The highest BCUT2D eigenvalue weighted by Gasteiger charge is 2.29. The van der Waals surface area contributed by atoms with E-state index in [2.05, 4.69) is 15.5 Å². The molecule has 1 amide bonds. The average molecular weight is 457 g/mol. The molecule has 0 bridgehead atoms. The van der Waals surface area contributed by atoms with E-state index < -0.39 is 0 Å². The number of nitrogens with one attached hydrogen (secondary N) is 2. The molecule has 28 heavy (non-hydrogen) atoms. The third-order valence-electron chi connectivity index (χ3n) is 4.95. The Morgan fingerprint density at radius 2 is 2.14 bits per heavy atom. The van der Waals surface area contributed by atoms with Crippen LogP contribution < -0.4 is 10.6 Å². The fraction of sp³-hybridized carbons (Fsp3) is 0.632. The highest BCUT2D eigenvalue weighted by atomic mass is 35.5. The Kier molecular flexibility index (Phi) is 11.0. The van der Waals surface area contributed by atoms with Crippen LogP contribution in [0.4, 0.5) is 4.39 Å². The molecule has 1 aliphatic carbocycles. The zero-order valence-electron chi connectivity index (χ0n) is 16.0. The lowest BCUT2D eigenvalue weighted by atomic mass is 10.0. The van der Waals surface area contributed by atoms with Crippen molar-refractivity contribution in [2.24, 2.45) is 5.92 Å². The predicted molar refractivity (Wildman–Crippen MR) is 114 cm³/mol. The topological polar surface area (TPSA) is 53.6 Å². The molecule has 1 aliphatic heterocycles. The average Bonchev–Trinajstić information content (AvgIpc) is 3.41. The van der Waals surface area contributed by atoms with E-state index in [4.69, 9.17) is 16.3 Å². The van der Waals surface area contributed by atoms with E-state index in [1.54, 1.807) is 12.1 Å². The minimum Gasteiger partial charge on any atom is -0.376 e. The third-order valence-corrected chi connectivity index (χ3v) is 5.28. The van der Waals surface area contributed by atoms with Crippen molar-refractivity contribution >= 4 is 42.3 Å². The molecule has 1 saturated heterocycles. The van der Waals surface area contributed by atoms with Gasteiger partial charge in [0.1, 0.15) is 5.82 Å². The summed E-state index contributed by atoms with van der Waals surface area (Å²) >= 11 is 6.30. The van der Waals surface area contributed by atoms with Gasteiger partial charge in [0.05, 0.1) is 25.3 Å². The molecule has 9 heteroatoms. The molecule has 0 spiro atoms. The van der Waals surface area contributed by atoms with Crippen LogP contribution in [0.15, 0.2) is 18.2 Å². The van der Waals surface area contributed by atoms with Gasteiger partial charge in [0.25, 0.3) is 0 Å². The Bertz CT molecular complexity index is 614. The van der Waals surface area contributed by atoms with E-state index in [0.717, 1.165) is 12.5 Å². The molecule has 3 rings (SSSR count). The number of nitrogens with zero attached hydrogens (tertiary/aromatic N) is 1. The Hall–Kier alpha value is -0.630. The summed E-state index contributed by atoms with van der Waals surface area (Å²) in [6, 6.07) is 4.38. The van der Waals surface area contributed by atoms with Crippen LogP contribution in [0.1, 0.15) is 31.4 Å². The first kappa shape index (κ1) is 25.4. The van der Waals surface area contributed by atoms with Crippen LogP contribution in [-0.2, 0) is 9.53 Å². The Balaban J connectivity index is 0.00000196. The maximum atomic E-state index is 14.5. The van der Waals surface area contributed by atoms with E-state index in [0.29, 0.717) is 36.8 Å². The van der Waals surface area contributed by atoms with Crippen LogP contribution in [0.5, 0.6) is 0 Å². The molecule has 2 N–H and O–H groups in total. The molecular weight excluding hydrogens is 428 g/mol. The number of rotatable bonds is 8.